The smallest absolute Gasteiger partial charge is 0.322 e. The van der Waals surface area contributed by atoms with E-state index in [4.69, 9.17) is 17.3 Å². The Hall–Kier alpha value is -0.520. The van der Waals surface area contributed by atoms with Gasteiger partial charge in [-0.15, -0.1) is 12.4 Å². The lowest BCUT2D eigenvalue weighted by molar-refractivity contribution is -0.137. The first kappa shape index (κ1) is 15.5. The molecule has 1 aromatic rings. The zero-order valence-electron chi connectivity index (χ0n) is 7.89. The van der Waals surface area contributed by atoms with Crippen LogP contribution in [0.25, 0.3) is 0 Å². The second-order valence-electron chi connectivity index (χ2n) is 3.00. The summed E-state index contributed by atoms with van der Waals surface area (Å²) in [6.45, 7) is -0.846. The predicted molar refractivity (Wildman–Crippen MR) is 56.6 cm³/mol. The Kier molecular flexibility index (Phi) is 5.52. The molecule has 0 aliphatic rings. The van der Waals surface area contributed by atoms with Gasteiger partial charge in [-0.2, -0.15) is 13.2 Å². The summed E-state index contributed by atoms with van der Waals surface area (Å²) < 4.78 is 49.0. The maximum absolute atomic E-state index is 12.3. The van der Waals surface area contributed by atoms with Gasteiger partial charge < -0.3 is 5.73 Å². The predicted octanol–water partition coefficient (Wildman–Crippen LogP) is 3.75. The van der Waals surface area contributed by atoms with E-state index in [1.165, 1.54) is 0 Å². The summed E-state index contributed by atoms with van der Waals surface area (Å²) in [7, 11) is 0. The summed E-state index contributed by atoms with van der Waals surface area (Å²) in [4.78, 5) is 0. The monoisotopic (exact) mass is 277 g/mol. The van der Waals surface area contributed by atoms with Crippen molar-refractivity contribution in [2.75, 3.05) is 6.67 Å². The van der Waals surface area contributed by atoms with E-state index in [0.717, 1.165) is 18.2 Å². The molecule has 0 saturated carbocycles. The van der Waals surface area contributed by atoms with Crippen molar-refractivity contribution >= 4 is 24.0 Å². The van der Waals surface area contributed by atoms with Gasteiger partial charge in [0.25, 0.3) is 0 Å². The van der Waals surface area contributed by atoms with Gasteiger partial charge in [-0.3, -0.25) is 0 Å². The molecule has 1 nitrogen and oxygen atoms in total. The molecule has 0 bridgehead atoms. The van der Waals surface area contributed by atoms with Gasteiger partial charge >= 0.3 is 6.18 Å². The topological polar surface area (TPSA) is 26.0 Å². The standard InChI is InChI=1S/C9H8ClF4N.ClH/c10-7-3-5(8(15)4-11)1-2-6(7)9(12,13)14;/h1-3,8H,4,15H2;1H/t8-;/m0./s1. The molecule has 2 N–H and O–H groups in total. The van der Waals surface area contributed by atoms with Crippen LogP contribution < -0.4 is 5.73 Å². The van der Waals surface area contributed by atoms with Crippen molar-refractivity contribution in [3.63, 3.8) is 0 Å². The van der Waals surface area contributed by atoms with Crippen LogP contribution >= 0.6 is 24.0 Å². The van der Waals surface area contributed by atoms with Crippen molar-refractivity contribution in [2.24, 2.45) is 5.73 Å². The zero-order valence-corrected chi connectivity index (χ0v) is 9.46. The molecule has 0 unspecified atom stereocenters. The third-order valence-electron chi connectivity index (χ3n) is 1.89. The summed E-state index contributed by atoms with van der Waals surface area (Å²) in [6, 6.07) is 2.02. The molecule has 0 saturated heterocycles. The minimum atomic E-state index is -4.50. The number of hydrogen-bond acceptors (Lipinski definition) is 1. The highest BCUT2D eigenvalue weighted by Crippen LogP contribution is 2.35. The maximum Gasteiger partial charge on any atom is 0.417 e. The quantitative estimate of drug-likeness (QED) is 0.819. The first-order chi connectivity index (χ1) is 6.86. The lowest BCUT2D eigenvalue weighted by atomic mass is 10.1. The first-order valence-electron chi connectivity index (χ1n) is 4.04. The van der Waals surface area contributed by atoms with Gasteiger partial charge in [-0.25, -0.2) is 4.39 Å². The lowest BCUT2D eigenvalue weighted by Crippen LogP contribution is -2.13. The van der Waals surface area contributed by atoms with E-state index in [1.807, 2.05) is 0 Å². The second kappa shape index (κ2) is 5.70. The third kappa shape index (κ3) is 3.50. The molecule has 1 rings (SSSR count). The minimum absolute atomic E-state index is 0. The molecular weight excluding hydrogens is 269 g/mol. The van der Waals surface area contributed by atoms with Crippen LogP contribution in [0.2, 0.25) is 5.02 Å². The van der Waals surface area contributed by atoms with E-state index < -0.39 is 29.5 Å². The summed E-state index contributed by atoms with van der Waals surface area (Å²) in [5.41, 5.74) is 4.61. The van der Waals surface area contributed by atoms with Crippen molar-refractivity contribution in [3.8, 4) is 0 Å². The average Bonchev–Trinajstić information content (AvgIpc) is 2.14. The van der Waals surface area contributed by atoms with Crippen LogP contribution in [0.3, 0.4) is 0 Å². The highest BCUT2D eigenvalue weighted by atomic mass is 35.5. The normalized spacial score (nSPS) is 13.1. The molecule has 1 aromatic carbocycles. The summed E-state index contributed by atoms with van der Waals surface area (Å²) >= 11 is 5.42. The van der Waals surface area contributed by atoms with Crippen LogP contribution in [0.1, 0.15) is 17.2 Å². The Bertz CT molecular complexity index is 354. The highest BCUT2D eigenvalue weighted by Gasteiger charge is 2.33. The van der Waals surface area contributed by atoms with Crippen molar-refractivity contribution in [2.45, 2.75) is 12.2 Å². The van der Waals surface area contributed by atoms with Crippen LogP contribution in [-0.2, 0) is 6.18 Å². The fourth-order valence-corrected chi connectivity index (χ4v) is 1.38. The number of halogens is 6. The molecule has 16 heavy (non-hydrogen) atoms. The van der Waals surface area contributed by atoms with Crippen molar-refractivity contribution in [1.29, 1.82) is 0 Å². The van der Waals surface area contributed by atoms with Crippen molar-refractivity contribution < 1.29 is 17.6 Å². The largest absolute Gasteiger partial charge is 0.417 e. The summed E-state index contributed by atoms with van der Waals surface area (Å²) in [6.07, 6.45) is -4.50. The molecule has 0 heterocycles. The minimum Gasteiger partial charge on any atom is -0.322 e. The molecule has 0 fully saturated rings. The molecule has 0 aromatic heterocycles. The van der Waals surface area contributed by atoms with Crippen molar-refractivity contribution in [3.05, 3.63) is 34.3 Å². The molecule has 92 valence electrons. The Balaban J connectivity index is 0.00000225. The molecule has 0 spiro atoms. The summed E-state index contributed by atoms with van der Waals surface area (Å²) in [5.74, 6) is 0. The van der Waals surface area contributed by atoms with E-state index in [-0.39, 0.29) is 18.0 Å². The van der Waals surface area contributed by atoms with Crippen LogP contribution in [0.4, 0.5) is 17.6 Å². The lowest BCUT2D eigenvalue weighted by Gasteiger charge is -2.12. The van der Waals surface area contributed by atoms with Crippen LogP contribution in [0, 0.1) is 0 Å². The SMILES string of the molecule is Cl.N[C@@H](CF)c1ccc(C(F)(F)F)c(Cl)c1. The van der Waals surface area contributed by atoms with E-state index in [0.29, 0.717) is 0 Å². The highest BCUT2D eigenvalue weighted by molar-refractivity contribution is 6.31. The van der Waals surface area contributed by atoms with E-state index in [9.17, 15) is 17.6 Å². The van der Waals surface area contributed by atoms with Gasteiger partial charge in [0, 0.05) is 0 Å². The van der Waals surface area contributed by atoms with E-state index >= 15 is 0 Å². The van der Waals surface area contributed by atoms with Gasteiger partial charge in [-0.1, -0.05) is 17.7 Å². The van der Waals surface area contributed by atoms with Gasteiger partial charge in [0.05, 0.1) is 16.6 Å². The van der Waals surface area contributed by atoms with E-state index in [1.54, 1.807) is 0 Å². The van der Waals surface area contributed by atoms with Gasteiger partial charge in [0.15, 0.2) is 0 Å². The number of benzene rings is 1. The van der Waals surface area contributed by atoms with Crippen molar-refractivity contribution in [1.82, 2.24) is 0 Å². The number of nitrogens with two attached hydrogens (primary N) is 1. The molecule has 1 atom stereocenters. The molecule has 0 aliphatic heterocycles. The third-order valence-corrected chi connectivity index (χ3v) is 2.21. The molecule has 0 radical (unpaired) electrons. The first-order valence-corrected chi connectivity index (χ1v) is 4.42. The molecule has 0 amide bonds. The van der Waals surface area contributed by atoms with Gasteiger partial charge in [0.2, 0.25) is 0 Å². The number of hydrogen-bond donors (Lipinski definition) is 1. The Morgan fingerprint density at radius 2 is 1.88 bits per heavy atom. The fraction of sp³-hybridized carbons (Fsp3) is 0.333. The number of alkyl halides is 4. The van der Waals surface area contributed by atoms with Gasteiger partial charge in [-0.05, 0) is 17.7 Å². The maximum atomic E-state index is 12.3. The van der Waals surface area contributed by atoms with E-state index in [2.05, 4.69) is 0 Å². The Labute approximate surface area is 101 Å². The summed E-state index contributed by atoms with van der Waals surface area (Å²) in [5, 5.41) is -0.469. The van der Waals surface area contributed by atoms with Crippen LogP contribution in [0.5, 0.6) is 0 Å². The molecule has 7 heteroatoms. The number of rotatable bonds is 2. The Morgan fingerprint density at radius 1 is 1.31 bits per heavy atom. The second-order valence-corrected chi connectivity index (χ2v) is 3.41. The molecular formula is C9H9Cl2F4N. The average molecular weight is 278 g/mol. The fourth-order valence-electron chi connectivity index (χ4n) is 1.08. The zero-order chi connectivity index (χ0) is 11.6. The molecule has 0 aliphatic carbocycles. The van der Waals surface area contributed by atoms with Crippen LogP contribution in [-0.4, -0.2) is 6.67 Å². The van der Waals surface area contributed by atoms with Gasteiger partial charge in [0.1, 0.15) is 6.67 Å². The van der Waals surface area contributed by atoms with Crippen LogP contribution in [0.15, 0.2) is 18.2 Å². The Morgan fingerprint density at radius 3 is 2.25 bits per heavy atom.